The summed E-state index contributed by atoms with van der Waals surface area (Å²) in [5, 5.41) is 3.09. The summed E-state index contributed by atoms with van der Waals surface area (Å²) in [6, 6.07) is 5.64. The summed E-state index contributed by atoms with van der Waals surface area (Å²) >= 11 is 0. The lowest BCUT2D eigenvalue weighted by Crippen LogP contribution is -2.74. The number of nitrogens with zero attached hydrogens (tertiary/aromatic N) is 2. The van der Waals surface area contributed by atoms with Crippen LogP contribution in [0.15, 0.2) is 18.2 Å². The first-order valence-corrected chi connectivity index (χ1v) is 12.0. The third-order valence-electron chi connectivity index (χ3n) is 7.03. The van der Waals surface area contributed by atoms with E-state index >= 15 is 0 Å². The van der Waals surface area contributed by atoms with Gasteiger partial charge in [-0.25, -0.2) is 0 Å². The minimum Gasteiger partial charge on any atom is -0.486 e. The van der Waals surface area contributed by atoms with Gasteiger partial charge in [-0.15, -0.1) is 0 Å². The SMILES string of the molecule is CCCCN1C(=O)[C@H](C(C)(C)C)NC(=O)C12CCN(Cc1ccc3c(c1)OCCO3)CC2. The van der Waals surface area contributed by atoms with Crippen molar-refractivity contribution in [1.29, 1.82) is 0 Å². The van der Waals surface area contributed by atoms with Crippen LogP contribution in [0.3, 0.4) is 0 Å². The van der Waals surface area contributed by atoms with Gasteiger partial charge in [-0.3, -0.25) is 14.5 Å². The van der Waals surface area contributed by atoms with Crippen molar-refractivity contribution in [2.45, 2.75) is 71.5 Å². The zero-order chi connectivity index (χ0) is 22.9. The van der Waals surface area contributed by atoms with Gasteiger partial charge in [-0.2, -0.15) is 0 Å². The molecule has 0 aliphatic carbocycles. The predicted octanol–water partition coefficient (Wildman–Crippen LogP) is 2.97. The molecule has 1 spiro atoms. The number of carbonyl (C=O) groups excluding carboxylic acids is 2. The largest absolute Gasteiger partial charge is 0.486 e. The lowest BCUT2D eigenvalue weighted by Gasteiger charge is -2.53. The Bertz CT molecular complexity index is 855. The zero-order valence-electron chi connectivity index (χ0n) is 19.9. The highest BCUT2D eigenvalue weighted by molar-refractivity contribution is 6.00. The van der Waals surface area contributed by atoms with Gasteiger partial charge >= 0.3 is 0 Å². The molecule has 0 bridgehead atoms. The predicted molar refractivity (Wildman–Crippen MR) is 123 cm³/mol. The number of unbranched alkanes of at least 4 members (excludes halogenated alkanes) is 1. The van der Waals surface area contributed by atoms with Gasteiger partial charge in [0.2, 0.25) is 11.8 Å². The number of hydrogen-bond acceptors (Lipinski definition) is 5. The molecule has 4 rings (SSSR count). The van der Waals surface area contributed by atoms with Gasteiger partial charge in [0.15, 0.2) is 11.5 Å². The van der Waals surface area contributed by atoms with E-state index in [1.54, 1.807) is 0 Å². The normalized spacial score (nSPS) is 23.4. The van der Waals surface area contributed by atoms with Gasteiger partial charge in [0.25, 0.3) is 0 Å². The fourth-order valence-corrected chi connectivity index (χ4v) is 5.07. The van der Waals surface area contributed by atoms with Crippen LogP contribution >= 0.6 is 0 Å². The molecule has 3 aliphatic heterocycles. The number of piperazine rings is 1. The van der Waals surface area contributed by atoms with Crippen molar-refractivity contribution in [2.24, 2.45) is 5.41 Å². The third kappa shape index (κ3) is 4.32. The Balaban J connectivity index is 1.47. The first-order valence-electron chi connectivity index (χ1n) is 12.0. The van der Waals surface area contributed by atoms with Gasteiger partial charge in [0.05, 0.1) is 0 Å². The van der Waals surface area contributed by atoms with Crippen LogP contribution in [0.1, 0.15) is 58.9 Å². The number of nitrogens with one attached hydrogen (secondary N) is 1. The first-order chi connectivity index (χ1) is 15.2. The monoisotopic (exact) mass is 443 g/mol. The molecule has 3 heterocycles. The molecule has 0 radical (unpaired) electrons. The maximum Gasteiger partial charge on any atom is 0.246 e. The van der Waals surface area contributed by atoms with Gasteiger partial charge in [-0.05, 0) is 42.4 Å². The summed E-state index contributed by atoms with van der Waals surface area (Å²) in [6.07, 6.45) is 3.24. The van der Waals surface area contributed by atoms with Crippen molar-refractivity contribution in [3.05, 3.63) is 23.8 Å². The van der Waals surface area contributed by atoms with Crippen molar-refractivity contribution in [3.8, 4) is 11.5 Å². The van der Waals surface area contributed by atoms with Gasteiger partial charge in [0, 0.05) is 26.2 Å². The molecule has 2 amide bonds. The van der Waals surface area contributed by atoms with E-state index in [0.717, 1.165) is 44.0 Å². The molecule has 176 valence electrons. The minimum absolute atomic E-state index is 0.0205. The van der Waals surface area contributed by atoms with E-state index < -0.39 is 11.6 Å². The zero-order valence-corrected chi connectivity index (χ0v) is 19.9. The van der Waals surface area contributed by atoms with Crippen molar-refractivity contribution < 1.29 is 19.1 Å². The summed E-state index contributed by atoms with van der Waals surface area (Å²) in [7, 11) is 0. The van der Waals surface area contributed by atoms with E-state index in [4.69, 9.17) is 9.47 Å². The number of hydrogen-bond donors (Lipinski definition) is 1. The van der Waals surface area contributed by atoms with E-state index in [1.807, 2.05) is 31.7 Å². The fraction of sp³-hybridized carbons (Fsp3) is 0.680. The number of fused-ring (bicyclic) bond motifs is 1. The van der Waals surface area contributed by atoms with Crippen molar-refractivity contribution in [1.82, 2.24) is 15.1 Å². The second kappa shape index (κ2) is 8.93. The molecule has 0 saturated carbocycles. The standard InChI is InChI=1S/C25H37N3O4/c1-5-6-11-28-22(29)21(24(2,3)4)26-23(30)25(28)9-12-27(13-10-25)17-18-7-8-19-20(16-18)32-15-14-31-19/h7-8,16,21H,5-6,9-15,17H2,1-4H3,(H,26,30)/t21-/m1/s1. The number of carbonyl (C=O) groups is 2. The summed E-state index contributed by atoms with van der Waals surface area (Å²) in [4.78, 5) is 31.2. The molecule has 32 heavy (non-hydrogen) atoms. The van der Waals surface area contributed by atoms with Gasteiger partial charge in [0.1, 0.15) is 24.8 Å². The van der Waals surface area contributed by atoms with E-state index in [9.17, 15) is 9.59 Å². The van der Waals surface area contributed by atoms with Crippen LogP contribution in [-0.4, -0.2) is 66.0 Å². The highest BCUT2D eigenvalue weighted by Gasteiger charge is 2.55. The Kier molecular flexibility index (Phi) is 6.39. The molecule has 1 atom stereocenters. The van der Waals surface area contributed by atoms with Gasteiger partial charge in [-0.1, -0.05) is 40.2 Å². The average Bonchev–Trinajstić information content (AvgIpc) is 2.77. The summed E-state index contributed by atoms with van der Waals surface area (Å²) < 4.78 is 11.3. The smallest absolute Gasteiger partial charge is 0.246 e. The second-order valence-electron chi connectivity index (χ2n) is 10.4. The van der Waals surface area contributed by atoms with E-state index in [2.05, 4.69) is 29.3 Å². The van der Waals surface area contributed by atoms with E-state index in [1.165, 1.54) is 5.56 Å². The maximum atomic E-state index is 13.5. The summed E-state index contributed by atoms with van der Waals surface area (Å²) in [5.41, 5.74) is 0.139. The molecule has 1 aromatic carbocycles. The van der Waals surface area contributed by atoms with Crippen molar-refractivity contribution in [3.63, 3.8) is 0 Å². The van der Waals surface area contributed by atoms with E-state index in [-0.39, 0.29) is 17.2 Å². The Morgan fingerprint density at radius 1 is 1.09 bits per heavy atom. The third-order valence-corrected chi connectivity index (χ3v) is 7.03. The van der Waals surface area contributed by atoms with Crippen molar-refractivity contribution >= 4 is 11.8 Å². The minimum atomic E-state index is -0.725. The van der Waals surface area contributed by atoms with Gasteiger partial charge < -0.3 is 19.7 Å². The molecule has 0 unspecified atom stereocenters. The lowest BCUT2D eigenvalue weighted by atomic mass is 9.77. The molecule has 1 N–H and O–H groups in total. The van der Waals surface area contributed by atoms with Crippen LogP contribution in [0.5, 0.6) is 11.5 Å². The number of rotatable bonds is 5. The Morgan fingerprint density at radius 2 is 1.78 bits per heavy atom. The number of ether oxygens (including phenoxy) is 2. The van der Waals surface area contributed by atoms with Crippen molar-refractivity contribution in [2.75, 3.05) is 32.8 Å². The highest BCUT2D eigenvalue weighted by Crippen LogP contribution is 2.37. The molecule has 3 aliphatic rings. The number of benzene rings is 1. The molecule has 1 aromatic rings. The fourth-order valence-electron chi connectivity index (χ4n) is 5.07. The molecule has 2 saturated heterocycles. The molecule has 7 nitrogen and oxygen atoms in total. The number of amides is 2. The molecule has 7 heteroatoms. The first kappa shape index (κ1) is 22.9. The molecule has 2 fully saturated rings. The quantitative estimate of drug-likeness (QED) is 0.758. The van der Waals surface area contributed by atoms with Crippen LogP contribution in [0.25, 0.3) is 0 Å². The Hall–Kier alpha value is -2.28. The summed E-state index contributed by atoms with van der Waals surface area (Å²) in [5.74, 6) is 1.70. The Labute approximate surface area is 191 Å². The molecule has 0 aromatic heterocycles. The average molecular weight is 444 g/mol. The van der Waals surface area contributed by atoms with Crippen LogP contribution in [0.4, 0.5) is 0 Å². The maximum absolute atomic E-state index is 13.5. The van der Waals surface area contributed by atoms with E-state index in [0.29, 0.717) is 32.6 Å². The van der Waals surface area contributed by atoms with Crippen LogP contribution in [0.2, 0.25) is 0 Å². The topological polar surface area (TPSA) is 71.1 Å². The lowest BCUT2D eigenvalue weighted by molar-refractivity contribution is -0.164. The highest BCUT2D eigenvalue weighted by atomic mass is 16.6. The Morgan fingerprint density at radius 3 is 2.44 bits per heavy atom. The molecular formula is C25H37N3O4. The van der Waals surface area contributed by atoms with Crippen LogP contribution in [-0.2, 0) is 16.1 Å². The second-order valence-corrected chi connectivity index (χ2v) is 10.4. The summed E-state index contributed by atoms with van der Waals surface area (Å²) in [6.45, 7) is 12.3. The van der Waals surface area contributed by atoms with Crippen LogP contribution in [0, 0.1) is 5.41 Å². The number of piperidine rings is 1. The molecular weight excluding hydrogens is 406 g/mol. The van der Waals surface area contributed by atoms with Crippen LogP contribution < -0.4 is 14.8 Å². The number of likely N-dealkylation sites (tertiary alicyclic amines) is 1.